The predicted molar refractivity (Wildman–Crippen MR) is 96.5 cm³/mol. The number of hydrogen-bond acceptors (Lipinski definition) is 5. The van der Waals surface area contributed by atoms with Gasteiger partial charge in [-0.3, -0.25) is 9.78 Å². The largest absolute Gasteiger partial charge is 0.396 e. The molecule has 5 nitrogen and oxygen atoms in total. The van der Waals surface area contributed by atoms with Gasteiger partial charge < -0.3 is 15.3 Å². The van der Waals surface area contributed by atoms with Crippen molar-refractivity contribution in [1.82, 2.24) is 9.88 Å². The van der Waals surface area contributed by atoms with Gasteiger partial charge in [-0.25, -0.2) is 0 Å². The molecule has 0 saturated carbocycles. The maximum absolute atomic E-state index is 12.6. The van der Waals surface area contributed by atoms with Gasteiger partial charge in [-0.1, -0.05) is 6.07 Å². The van der Waals surface area contributed by atoms with Crippen LogP contribution in [0.25, 0.3) is 0 Å². The fourth-order valence-electron chi connectivity index (χ4n) is 2.96. The van der Waals surface area contributed by atoms with Gasteiger partial charge in [0.15, 0.2) is 0 Å². The quantitative estimate of drug-likeness (QED) is 0.845. The molecule has 1 aromatic heterocycles. The molecular weight excluding hydrogens is 322 g/mol. The second-order valence-electron chi connectivity index (χ2n) is 6.14. The van der Waals surface area contributed by atoms with Crippen molar-refractivity contribution >= 4 is 22.9 Å². The summed E-state index contributed by atoms with van der Waals surface area (Å²) < 4.78 is 0. The molecule has 0 bridgehead atoms. The number of carbonyl (C=O) groups is 1. The summed E-state index contributed by atoms with van der Waals surface area (Å²) in [5.41, 5.74) is 3.53. The first-order valence-corrected chi connectivity index (χ1v) is 9.25. The maximum Gasteiger partial charge on any atom is 0.253 e. The molecule has 1 saturated heterocycles. The maximum atomic E-state index is 12.6. The zero-order chi connectivity index (χ0) is 16.8. The highest BCUT2D eigenvalue weighted by Crippen LogP contribution is 2.20. The van der Waals surface area contributed by atoms with Crippen molar-refractivity contribution in [2.45, 2.75) is 19.3 Å². The van der Waals surface area contributed by atoms with Crippen LogP contribution in [0.1, 0.15) is 28.1 Å². The first kappa shape index (κ1) is 16.9. The number of piperidine rings is 1. The summed E-state index contributed by atoms with van der Waals surface area (Å²) in [4.78, 5) is 19.9. The van der Waals surface area contributed by atoms with Gasteiger partial charge in [0, 0.05) is 55.0 Å². The molecule has 1 fully saturated rings. The van der Waals surface area contributed by atoms with Crippen LogP contribution in [0.3, 0.4) is 0 Å². The third-order valence-electron chi connectivity index (χ3n) is 4.45. The van der Waals surface area contributed by atoms with Gasteiger partial charge in [0.05, 0.1) is 5.51 Å². The van der Waals surface area contributed by atoms with Gasteiger partial charge in [-0.15, -0.1) is 11.3 Å². The molecule has 128 valence electrons. The lowest BCUT2D eigenvalue weighted by molar-refractivity contribution is 0.0651. The lowest BCUT2D eigenvalue weighted by Gasteiger charge is -2.31. The van der Waals surface area contributed by atoms with Gasteiger partial charge >= 0.3 is 0 Å². The second kappa shape index (κ2) is 8.26. The fraction of sp³-hybridized carbons (Fsp3) is 0.444. The van der Waals surface area contributed by atoms with Gasteiger partial charge in [0.25, 0.3) is 5.91 Å². The Morgan fingerprint density at radius 2 is 2.21 bits per heavy atom. The number of anilines is 1. The van der Waals surface area contributed by atoms with Gasteiger partial charge in [0.2, 0.25) is 0 Å². The van der Waals surface area contributed by atoms with Crippen LogP contribution in [0, 0.1) is 5.92 Å². The van der Waals surface area contributed by atoms with Crippen LogP contribution >= 0.6 is 11.3 Å². The van der Waals surface area contributed by atoms with Crippen molar-refractivity contribution in [3.63, 3.8) is 0 Å². The summed E-state index contributed by atoms with van der Waals surface area (Å²) in [7, 11) is 0. The molecule has 6 heteroatoms. The molecule has 2 heterocycles. The van der Waals surface area contributed by atoms with Crippen molar-refractivity contribution in [3.8, 4) is 0 Å². The Balaban J connectivity index is 1.55. The lowest BCUT2D eigenvalue weighted by Crippen LogP contribution is -2.39. The Kier molecular flexibility index (Phi) is 5.82. The number of rotatable bonds is 6. The molecule has 1 aliphatic heterocycles. The van der Waals surface area contributed by atoms with E-state index in [1.807, 2.05) is 40.9 Å². The van der Waals surface area contributed by atoms with Crippen molar-refractivity contribution in [2.24, 2.45) is 5.92 Å². The molecule has 2 aromatic rings. The van der Waals surface area contributed by atoms with Crippen molar-refractivity contribution in [3.05, 3.63) is 46.4 Å². The van der Waals surface area contributed by atoms with E-state index in [9.17, 15) is 9.90 Å². The monoisotopic (exact) mass is 345 g/mol. The highest BCUT2D eigenvalue weighted by Gasteiger charge is 2.23. The second-order valence-corrected chi connectivity index (χ2v) is 7.11. The molecular formula is C18H23N3O2S. The summed E-state index contributed by atoms with van der Waals surface area (Å²) in [6, 6.07) is 7.70. The van der Waals surface area contributed by atoms with E-state index in [2.05, 4.69) is 10.3 Å². The molecule has 1 aromatic carbocycles. The lowest BCUT2D eigenvalue weighted by atomic mass is 9.97. The summed E-state index contributed by atoms with van der Waals surface area (Å²) in [6.45, 7) is 2.50. The molecule has 1 aliphatic rings. The minimum atomic E-state index is 0.0810. The zero-order valence-electron chi connectivity index (χ0n) is 13.6. The van der Waals surface area contributed by atoms with Crippen LogP contribution in [0.2, 0.25) is 0 Å². The van der Waals surface area contributed by atoms with Crippen molar-refractivity contribution in [2.75, 3.05) is 31.6 Å². The van der Waals surface area contributed by atoms with E-state index in [4.69, 9.17) is 0 Å². The number of nitrogens with zero attached hydrogens (tertiary/aromatic N) is 2. The van der Waals surface area contributed by atoms with E-state index in [-0.39, 0.29) is 12.5 Å². The SMILES string of the molecule is O=C(c1cccc(NCCc2cncs2)c1)N1CCC(CO)CC1. The summed E-state index contributed by atoms with van der Waals surface area (Å²) in [5, 5.41) is 12.6. The van der Waals surface area contributed by atoms with Crippen LogP contribution in [0.15, 0.2) is 36.0 Å². The van der Waals surface area contributed by atoms with E-state index in [1.54, 1.807) is 11.3 Å². The Morgan fingerprint density at radius 3 is 2.92 bits per heavy atom. The van der Waals surface area contributed by atoms with Crippen LogP contribution in [0.4, 0.5) is 5.69 Å². The van der Waals surface area contributed by atoms with E-state index in [1.165, 1.54) is 4.88 Å². The molecule has 3 rings (SSSR count). The molecule has 0 spiro atoms. The Morgan fingerprint density at radius 1 is 1.38 bits per heavy atom. The number of nitrogens with one attached hydrogen (secondary N) is 1. The molecule has 0 aliphatic carbocycles. The third-order valence-corrected chi connectivity index (χ3v) is 5.29. The van der Waals surface area contributed by atoms with E-state index < -0.39 is 0 Å². The molecule has 1 amide bonds. The predicted octanol–water partition coefficient (Wildman–Crippen LogP) is 2.64. The number of aliphatic hydroxyl groups excluding tert-OH is 1. The number of amides is 1. The smallest absolute Gasteiger partial charge is 0.253 e. The molecule has 0 atom stereocenters. The Hall–Kier alpha value is -1.92. The summed E-state index contributed by atoms with van der Waals surface area (Å²) >= 11 is 1.66. The first-order chi connectivity index (χ1) is 11.8. The van der Waals surface area contributed by atoms with Crippen LogP contribution in [0.5, 0.6) is 0 Å². The molecule has 24 heavy (non-hydrogen) atoms. The minimum Gasteiger partial charge on any atom is -0.396 e. The average molecular weight is 345 g/mol. The normalized spacial score (nSPS) is 15.5. The Labute approximate surface area is 146 Å². The van der Waals surface area contributed by atoms with E-state index >= 15 is 0 Å². The highest BCUT2D eigenvalue weighted by molar-refractivity contribution is 7.09. The number of likely N-dealkylation sites (tertiary alicyclic amines) is 1. The number of thiazole rings is 1. The van der Waals surface area contributed by atoms with E-state index in [0.29, 0.717) is 5.92 Å². The van der Waals surface area contributed by atoms with Crippen LogP contribution < -0.4 is 5.32 Å². The van der Waals surface area contributed by atoms with Gasteiger partial charge in [-0.2, -0.15) is 0 Å². The van der Waals surface area contributed by atoms with Crippen LogP contribution in [-0.4, -0.2) is 47.1 Å². The third kappa shape index (κ3) is 4.33. The summed E-state index contributed by atoms with van der Waals surface area (Å²) in [6.07, 6.45) is 4.59. The fourth-order valence-corrected chi connectivity index (χ4v) is 3.56. The van der Waals surface area contributed by atoms with Crippen molar-refractivity contribution in [1.29, 1.82) is 0 Å². The zero-order valence-corrected chi connectivity index (χ0v) is 14.5. The van der Waals surface area contributed by atoms with Gasteiger partial charge in [-0.05, 0) is 37.0 Å². The number of carbonyl (C=O) groups excluding carboxylic acids is 1. The summed E-state index contributed by atoms with van der Waals surface area (Å²) in [5.74, 6) is 0.422. The number of aromatic nitrogens is 1. The topological polar surface area (TPSA) is 65.5 Å². The highest BCUT2D eigenvalue weighted by atomic mass is 32.1. The standard InChI is InChI=1S/C18H23N3O2S/c22-12-14-5-8-21(9-6-14)18(23)15-2-1-3-16(10-15)20-7-4-17-11-19-13-24-17/h1-3,10-11,13-14,20,22H,4-9,12H2. The van der Waals surface area contributed by atoms with E-state index in [0.717, 1.165) is 50.1 Å². The number of aliphatic hydroxyl groups is 1. The molecule has 2 N–H and O–H groups in total. The number of benzene rings is 1. The Bertz CT molecular complexity index is 652. The molecule has 0 radical (unpaired) electrons. The number of hydrogen-bond donors (Lipinski definition) is 2. The van der Waals surface area contributed by atoms with Crippen molar-refractivity contribution < 1.29 is 9.90 Å². The minimum absolute atomic E-state index is 0.0810. The van der Waals surface area contributed by atoms with Gasteiger partial charge in [0.1, 0.15) is 0 Å². The first-order valence-electron chi connectivity index (χ1n) is 8.37. The van der Waals surface area contributed by atoms with Crippen LogP contribution in [-0.2, 0) is 6.42 Å². The molecule has 0 unspecified atom stereocenters. The average Bonchev–Trinajstić information content (AvgIpc) is 3.15.